The van der Waals surface area contributed by atoms with Crippen molar-refractivity contribution in [2.75, 3.05) is 31.3 Å². The van der Waals surface area contributed by atoms with Crippen LogP contribution in [0.1, 0.15) is 20.4 Å². The third-order valence-corrected chi connectivity index (χ3v) is 4.39. The molecular weight excluding hydrogens is 310 g/mol. The minimum absolute atomic E-state index is 0.229. The van der Waals surface area contributed by atoms with E-state index in [1.807, 2.05) is 12.3 Å². The molecule has 0 aliphatic heterocycles. The molecular formula is C12H17N5O2S2. The van der Waals surface area contributed by atoms with Gasteiger partial charge in [-0.1, -0.05) is 11.3 Å². The Kier molecular flexibility index (Phi) is 5.48. The van der Waals surface area contributed by atoms with Crippen LogP contribution in [0.2, 0.25) is 0 Å². The Balaban J connectivity index is 1.92. The Hall–Kier alpha value is -1.71. The molecule has 21 heavy (non-hydrogen) atoms. The first-order valence-electron chi connectivity index (χ1n) is 6.28. The normalized spacial score (nSPS) is 10.6. The van der Waals surface area contributed by atoms with E-state index in [0.717, 1.165) is 10.7 Å². The molecule has 0 spiro atoms. The lowest BCUT2D eigenvalue weighted by Gasteiger charge is -2.01. The molecule has 9 heteroatoms. The van der Waals surface area contributed by atoms with Gasteiger partial charge in [0.1, 0.15) is 10.7 Å². The van der Waals surface area contributed by atoms with Crippen LogP contribution in [0.25, 0.3) is 0 Å². The SMILES string of the molecule is COCCNc1nc(N)c(C(=O)NCc2csc(C)n2)s1. The predicted molar refractivity (Wildman–Crippen MR) is 84.9 cm³/mol. The van der Waals surface area contributed by atoms with Gasteiger partial charge in [0, 0.05) is 19.0 Å². The quantitative estimate of drug-likeness (QED) is 0.666. The van der Waals surface area contributed by atoms with Crippen molar-refractivity contribution < 1.29 is 9.53 Å². The Morgan fingerprint density at radius 1 is 1.48 bits per heavy atom. The van der Waals surface area contributed by atoms with Crippen LogP contribution < -0.4 is 16.4 Å². The number of ether oxygens (including phenoxy) is 1. The number of thiazole rings is 2. The van der Waals surface area contributed by atoms with E-state index in [1.54, 1.807) is 18.4 Å². The molecule has 7 nitrogen and oxygen atoms in total. The second kappa shape index (κ2) is 7.34. The number of nitrogens with one attached hydrogen (secondary N) is 2. The molecule has 0 saturated heterocycles. The highest BCUT2D eigenvalue weighted by Gasteiger charge is 2.16. The number of aryl methyl sites for hydroxylation is 1. The largest absolute Gasteiger partial charge is 0.383 e. The molecule has 2 aromatic heterocycles. The molecule has 0 aromatic carbocycles. The van der Waals surface area contributed by atoms with Crippen molar-refractivity contribution >= 4 is 39.5 Å². The fraction of sp³-hybridized carbons (Fsp3) is 0.417. The average molecular weight is 327 g/mol. The summed E-state index contributed by atoms with van der Waals surface area (Å²) in [4.78, 5) is 20.9. The summed E-state index contributed by atoms with van der Waals surface area (Å²) in [6.07, 6.45) is 0. The Bertz CT molecular complexity index is 611. The molecule has 1 amide bonds. The number of hydrogen-bond donors (Lipinski definition) is 3. The van der Waals surface area contributed by atoms with E-state index in [0.29, 0.717) is 29.7 Å². The van der Waals surface area contributed by atoms with Crippen molar-refractivity contribution in [3.8, 4) is 0 Å². The van der Waals surface area contributed by atoms with Crippen LogP contribution in [0.3, 0.4) is 0 Å². The zero-order valence-corrected chi connectivity index (χ0v) is 13.4. The molecule has 0 bridgehead atoms. The summed E-state index contributed by atoms with van der Waals surface area (Å²) in [7, 11) is 1.62. The van der Waals surface area contributed by atoms with Crippen LogP contribution in [-0.4, -0.2) is 36.1 Å². The van der Waals surface area contributed by atoms with Crippen LogP contribution in [0.4, 0.5) is 10.9 Å². The maximum atomic E-state index is 12.1. The zero-order valence-electron chi connectivity index (χ0n) is 11.8. The van der Waals surface area contributed by atoms with Crippen molar-refractivity contribution in [1.29, 1.82) is 0 Å². The summed E-state index contributed by atoms with van der Waals surface area (Å²) in [6.45, 7) is 3.48. The summed E-state index contributed by atoms with van der Waals surface area (Å²) in [6, 6.07) is 0. The molecule has 2 heterocycles. The maximum Gasteiger partial charge on any atom is 0.265 e. The molecule has 2 aromatic rings. The van der Waals surface area contributed by atoms with Crippen molar-refractivity contribution in [3.63, 3.8) is 0 Å². The fourth-order valence-corrected chi connectivity index (χ4v) is 3.01. The second-order valence-electron chi connectivity index (χ2n) is 4.19. The van der Waals surface area contributed by atoms with Crippen LogP contribution in [0, 0.1) is 6.92 Å². The highest BCUT2D eigenvalue weighted by atomic mass is 32.1. The standard InChI is InChI=1S/C12H17N5O2S2/c1-7-16-8(6-20-7)5-15-11(18)9-10(13)17-12(21-9)14-3-4-19-2/h6H,3-5,13H2,1-2H3,(H,14,17)(H,15,18). The number of anilines is 2. The first-order valence-corrected chi connectivity index (χ1v) is 7.98. The minimum atomic E-state index is -0.240. The summed E-state index contributed by atoms with van der Waals surface area (Å²) in [5.41, 5.74) is 6.61. The lowest BCUT2D eigenvalue weighted by Crippen LogP contribution is -2.22. The van der Waals surface area contributed by atoms with Crippen LogP contribution >= 0.6 is 22.7 Å². The van der Waals surface area contributed by atoms with Gasteiger partial charge in [-0.3, -0.25) is 4.79 Å². The van der Waals surface area contributed by atoms with E-state index in [1.165, 1.54) is 11.3 Å². The van der Waals surface area contributed by atoms with Crippen molar-refractivity contribution in [3.05, 3.63) is 21.0 Å². The summed E-state index contributed by atoms with van der Waals surface area (Å²) >= 11 is 2.78. The van der Waals surface area contributed by atoms with Crippen LogP contribution in [-0.2, 0) is 11.3 Å². The maximum absolute atomic E-state index is 12.1. The fourth-order valence-electron chi connectivity index (χ4n) is 1.57. The van der Waals surface area contributed by atoms with Gasteiger partial charge in [-0.15, -0.1) is 11.3 Å². The third-order valence-electron chi connectivity index (χ3n) is 2.54. The Morgan fingerprint density at radius 3 is 2.95 bits per heavy atom. The van der Waals surface area contributed by atoms with Crippen LogP contribution in [0.5, 0.6) is 0 Å². The lowest BCUT2D eigenvalue weighted by atomic mass is 10.4. The van der Waals surface area contributed by atoms with Crippen molar-refractivity contribution in [2.45, 2.75) is 13.5 Å². The molecule has 0 fully saturated rings. The lowest BCUT2D eigenvalue weighted by molar-refractivity contribution is 0.0955. The van der Waals surface area contributed by atoms with Gasteiger partial charge >= 0.3 is 0 Å². The number of amides is 1. The first kappa shape index (κ1) is 15.7. The highest BCUT2D eigenvalue weighted by Crippen LogP contribution is 2.24. The summed E-state index contributed by atoms with van der Waals surface area (Å²) < 4.78 is 4.94. The monoisotopic (exact) mass is 327 g/mol. The molecule has 0 aliphatic carbocycles. The van der Waals surface area contributed by atoms with Crippen LogP contribution in [0.15, 0.2) is 5.38 Å². The average Bonchev–Trinajstić information content (AvgIpc) is 3.03. The molecule has 0 unspecified atom stereocenters. The number of nitrogens with two attached hydrogens (primary N) is 1. The number of nitrogen functional groups attached to an aromatic ring is 1. The molecule has 4 N–H and O–H groups in total. The Labute approximate surface area is 130 Å². The number of carbonyl (C=O) groups excluding carboxylic acids is 1. The van der Waals surface area contributed by atoms with E-state index < -0.39 is 0 Å². The second-order valence-corrected chi connectivity index (χ2v) is 6.25. The van der Waals surface area contributed by atoms with E-state index in [4.69, 9.17) is 10.5 Å². The number of aromatic nitrogens is 2. The molecule has 0 aliphatic rings. The number of carbonyl (C=O) groups is 1. The summed E-state index contributed by atoms with van der Waals surface area (Å²) in [5, 5.41) is 9.35. The number of methoxy groups -OCH3 is 1. The molecule has 114 valence electrons. The minimum Gasteiger partial charge on any atom is -0.383 e. The number of hydrogen-bond acceptors (Lipinski definition) is 8. The van der Waals surface area contributed by atoms with Gasteiger partial charge in [-0.25, -0.2) is 9.97 Å². The summed E-state index contributed by atoms with van der Waals surface area (Å²) in [5.74, 6) is -0.0117. The van der Waals surface area contributed by atoms with Crippen molar-refractivity contribution in [2.24, 2.45) is 0 Å². The van der Waals surface area contributed by atoms with E-state index in [2.05, 4.69) is 20.6 Å². The van der Waals surface area contributed by atoms with Gasteiger partial charge in [0.2, 0.25) is 0 Å². The van der Waals surface area contributed by atoms with E-state index >= 15 is 0 Å². The smallest absolute Gasteiger partial charge is 0.265 e. The molecule has 0 saturated carbocycles. The third kappa shape index (κ3) is 4.38. The van der Waals surface area contributed by atoms with Gasteiger partial charge in [0.15, 0.2) is 5.13 Å². The molecule has 2 rings (SSSR count). The predicted octanol–water partition coefficient (Wildman–Crippen LogP) is 1.48. The van der Waals surface area contributed by atoms with Gasteiger partial charge in [0.05, 0.1) is 23.9 Å². The van der Waals surface area contributed by atoms with Gasteiger partial charge in [-0.05, 0) is 6.92 Å². The van der Waals surface area contributed by atoms with Gasteiger partial charge in [0.25, 0.3) is 5.91 Å². The highest BCUT2D eigenvalue weighted by molar-refractivity contribution is 7.18. The number of nitrogens with zero attached hydrogens (tertiary/aromatic N) is 2. The topological polar surface area (TPSA) is 102 Å². The van der Waals surface area contributed by atoms with E-state index in [-0.39, 0.29) is 11.7 Å². The first-order chi connectivity index (χ1) is 10.1. The van der Waals surface area contributed by atoms with E-state index in [9.17, 15) is 4.79 Å². The zero-order chi connectivity index (χ0) is 15.2. The number of rotatable bonds is 7. The Morgan fingerprint density at radius 2 is 2.29 bits per heavy atom. The van der Waals surface area contributed by atoms with Gasteiger partial charge in [-0.2, -0.15) is 0 Å². The van der Waals surface area contributed by atoms with Crippen molar-refractivity contribution in [1.82, 2.24) is 15.3 Å². The molecule has 0 atom stereocenters. The molecule has 0 radical (unpaired) electrons. The van der Waals surface area contributed by atoms with Gasteiger partial charge < -0.3 is 21.1 Å².